The molecule has 2 N–H and O–H groups in total. The minimum Gasteiger partial charge on any atom is -0.493 e. The molecule has 1 heterocycles. The molecule has 0 saturated carbocycles. The highest BCUT2D eigenvalue weighted by molar-refractivity contribution is 6.30. The molecule has 1 saturated heterocycles. The van der Waals surface area contributed by atoms with E-state index in [1.807, 2.05) is 24.3 Å². The Hall–Kier alpha value is -0.770. The summed E-state index contributed by atoms with van der Waals surface area (Å²) >= 11 is 5.88. The van der Waals surface area contributed by atoms with Gasteiger partial charge < -0.3 is 15.4 Å². The summed E-state index contributed by atoms with van der Waals surface area (Å²) < 4.78 is 5.89. The first-order chi connectivity index (χ1) is 10.1. The first-order valence-electron chi connectivity index (χ1n) is 7.92. The molecular formula is C17H27ClN2O. The van der Waals surface area contributed by atoms with E-state index in [9.17, 15) is 0 Å². The summed E-state index contributed by atoms with van der Waals surface area (Å²) in [5, 5.41) is 0.735. The lowest BCUT2D eigenvalue weighted by atomic mass is 9.84. The van der Waals surface area contributed by atoms with Gasteiger partial charge in [-0.2, -0.15) is 0 Å². The van der Waals surface area contributed by atoms with Crippen LogP contribution in [-0.4, -0.2) is 37.2 Å². The van der Waals surface area contributed by atoms with Crippen molar-refractivity contribution in [1.29, 1.82) is 0 Å². The van der Waals surface area contributed by atoms with Crippen molar-refractivity contribution in [2.24, 2.45) is 17.6 Å². The number of hydrogen-bond donors (Lipinski definition) is 1. The van der Waals surface area contributed by atoms with E-state index in [-0.39, 0.29) is 0 Å². The molecule has 1 aliphatic heterocycles. The number of likely N-dealkylation sites (tertiary alicyclic amines) is 1. The molecule has 3 nitrogen and oxygen atoms in total. The minimum absolute atomic E-state index is 0.440. The molecule has 1 unspecified atom stereocenters. The van der Waals surface area contributed by atoms with Gasteiger partial charge >= 0.3 is 0 Å². The molecule has 0 bridgehead atoms. The SMILES string of the molecule is CC(C)N1CCC(C(CN)COc2ccc(Cl)cc2)CC1. The topological polar surface area (TPSA) is 38.5 Å². The van der Waals surface area contributed by atoms with Gasteiger partial charge in [0.15, 0.2) is 0 Å². The van der Waals surface area contributed by atoms with E-state index in [0.717, 1.165) is 10.8 Å². The van der Waals surface area contributed by atoms with E-state index >= 15 is 0 Å². The van der Waals surface area contributed by atoms with E-state index in [4.69, 9.17) is 22.1 Å². The van der Waals surface area contributed by atoms with Crippen LogP contribution in [0.1, 0.15) is 26.7 Å². The maximum absolute atomic E-state index is 5.97. The monoisotopic (exact) mass is 310 g/mol. The first kappa shape index (κ1) is 16.6. The fourth-order valence-electron chi connectivity index (χ4n) is 3.04. The molecule has 2 rings (SSSR count). The molecule has 1 fully saturated rings. The average molecular weight is 311 g/mol. The third kappa shape index (κ3) is 4.87. The number of piperidine rings is 1. The molecule has 0 amide bonds. The summed E-state index contributed by atoms with van der Waals surface area (Å²) in [4.78, 5) is 2.55. The normalized spacial score (nSPS) is 18.9. The molecule has 1 aromatic rings. The Bertz CT molecular complexity index is 413. The standard InChI is InChI=1S/C17H27ClN2O/c1-13(2)20-9-7-14(8-10-20)15(11-19)12-21-17-5-3-16(18)4-6-17/h3-6,13-15H,7-12,19H2,1-2H3. The zero-order valence-electron chi connectivity index (χ0n) is 13.1. The second kappa shape index (κ2) is 8.02. The zero-order chi connectivity index (χ0) is 15.2. The van der Waals surface area contributed by atoms with Crippen molar-refractivity contribution in [3.8, 4) is 5.75 Å². The molecule has 118 valence electrons. The fraction of sp³-hybridized carbons (Fsp3) is 0.647. The smallest absolute Gasteiger partial charge is 0.119 e. The van der Waals surface area contributed by atoms with E-state index in [0.29, 0.717) is 31.0 Å². The number of benzene rings is 1. The number of ether oxygens (including phenoxy) is 1. The molecular weight excluding hydrogens is 284 g/mol. The van der Waals surface area contributed by atoms with Crippen LogP contribution < -0.4 is 10.5 Å². The lowest BCUT2D eigenvalue weighted by molar-refractivity contribution is 0.101. The predicted octanol–water partition coefficient (Wildman–Crippen LogP) is 3.41. The third-order valence-corrected chi connectivity index (χ3v) is 4.80. The van der Waals surface area contributed by atoms with Gasteiger partial charge in [-0.25, -0.2) is 0 Å². The van der Waals surface area contributed by atoms with Crippen molar-refractivity contribution in [3.63, 3.8) is 0 Å². The molecule has 1 aliphatic rings. The number of nitrogens with two attached hydrogens (primary N) is 1. The van der Waals surface area contributed by atoms with Crippen LogP contribution in [-0.2, 0) is 0 Å². The van der Waals surface area contributed by atoms with Crippen LogP contribution in [0.25, 0.3) is 0 Å². The van der Waals surface area contributed by atoms with Crippen molar-refractivity contribution < 1.29 is 4.74 Å². The van der Waals surface area contributed by atoms with Crippen LogP contribution in [0, 0.1) is 11.8 Å². The highest BCUT2D eigenvalue weighted by Crippen LogP contribution is 2.26. The van der Waals surface area contributed by atoms with Gasteiger partial charge in [0, 0.05) is 17.0 Å². The number of nitrogens with zero attached hydrogens (tertiary/aromatic N) is 1. The Kier molecular flexibility index (Phi) is 6.34. The first-order valence-corrected chi connectivity index (χ1v) is 8.30. The van der Waals surface area contributed by atoms with Gasteiger partial charge in [0.25, 0.3) is 0 Å². The van der Waals surface area contributed by atoms with E-state index in [2.05, 4.69) is 18.7 Å². The Labute approximate surface area is 133 Å². The Morgan fingerprint density at radius 3 is 2.38 bits per heavy atom. The van der Waals surface area contributed by atoms with Crippen LogP contribution in [0.15, 0.2) is 24.3 Å². The van der Waals surface area contributed by atoms with Crippen molar-refractivity contribution in [1.82, 2.24) is 4.90 Å². The van der Waals surface area contributed by atoms with Gasteiger partial charge in [-0.15, -0.1) is 0 Å². The van der Waals surface area contributed by atoms with Crippen LogP contribution >= 0.6 is 11.6 Å². The van der Waals surface area contributed by atoms with E-state index < -0.39 is 0 Å². The number of rotatable bonds is 6. The largest absolute Gasteiger partial charge is 0.493 e. The summed E-state index contributed by atoms with van der Waals surface area (Å²) in [6, 6.07) is 8.19. The minimum atomic E-state index is 0.440. The van der Waals surface area contributed by atoms with Crippen LogP contribution in [0.3, 0.4) is 0 Å². The van der Waals surface area contributed by atoms with Gasteiger partial charge in [0.05, 0.1) is 6.61 Å². The van der Waals surface area contributed by atoms with Crippen molar-refractivity contribution in [2.45, 2.75) is 32.7 Å². The average Bonchev–Trinajstić information content (AvgIpc) is 2.50. The maximum Gasteiger partial charge on any atom is 0.119 e. The quantitative estimate of drug-likeness (QED) is 0.875. The summed E-state index contributed by atoms with van der Waals surface area (Å²) in [7, 11) is 0. The number of halogens is 1. The molecule has 0 aliphatic carbocycles. The van der Waals surface area contributed by atoms with Crippen LogP contribution in [0.4, 0.5) is 0 Å². The lowest BCUT2D eigenvalue weighted by Crippen LogP contribution is -2.42. The Morgan fingerprint density at radius 2 is 1.86 bits per heavy atom. The molecule has 21 heavy (non-hydrogen) atoms. The second-order valence-electron chi connectivity index (χ2n) is 6.23. The van der Waals surface area contributed by atoms with Crippen LogP contribution in [0.2, 0.25) is 5.02 Å². The highest BCUT2D eigenvalue weighted by Gasteiger charge is 2.27. The molecule has 0 aromatic heterocycles. The highest BCUT2D eigenvalue weighted by atomic mass is 35.5. The molecule has 1 atom stereocenters. The van der Waals surface area contributed by atoms with Crippen molar-refractivity contribution in [2.75, 3.05) is 26.2 Å². The third-order valence-electron chi connectivity index (χ3n) is 4.55. The summed E-state index contributed by atoms with van der Waals surface area (Å²) in [6.07, 6.45) is 2.45. The number of hydrogen-bond acceptors (Lipinski definition) is 3. The van der Waals surface area contributed by atoms with Crippen molar-refractivity contribution in [3.05, 3.63) is 29.3 Å². The van der Waals surface area contributed by atoms with Crippen molar-refractivity contribution >= 4 is 11.6 Å². The summed E-state index contributed by atoms with van der Waals surface area (Å²) in [5.74, 6) is 1.99. The van der Waals surface area contributed by atoms with E-state index in [1.54, 1.807) is 0 Å². The Morgan fingerprint density at radius 1 is 1.24 bits per heavy atom. The Balaban J connectivity index is 1.82. The molecule has 4 heteroatoms. The lowest BCUT2D eigenvalue weighted by Gasteiger charge is -2.37. The molecule has 1 aromatic carbocycles. The maximum atomic E-state index is 5.97. The molecule has 0 radical (unpaired) electrons. The van der Waals surface area contributed by atoms with Gasteiger partial charge in [-0.05, 0) is 76.5 Å². The van der Waals surface area contributed by atoms with E-state index in [1.165, 1.54) is 25.9 Å². The van der Waals surface area contributed by atoms with Gasteiger partial charge in [0.2, 0.25) is 0 Å². The van der Waals surface area contributed by atoms with Crippen LogP contribution in [0.5, 0.6) is 5.75 Å². The van der Waals surface area contributed by atoms with Gasteiger partial charge in [0.1, 0.15) is 5.75 Å². The zero-order valence-corrected chi connectivity index (χ0v) is 13.9. The molecule has 0 spiro atoms. The second-order valence-corrected chi connectivity index (χ2v) is 6.66. The van der Waals surface area contributed by atoms with Gasteiger partial charge in [-0.3, -0.25) is 0 Å². The van der Waals surface area contributed by atoms with Gasteiger partial charge in [-0.1, -0.05) is 11.6 Å². The summed E-state index contributed by atoms with van der Waals surface area (Å²) in [5.41, 5.74) is 5.97. The summed E-state index contributed by atoms with van der Waals surface area (Å²) in [6.45, 7) is 8.29. The predicted molar refractivity (Wildman–Crippen MR) is 88.9 cm³/mol. The fourth-order valence-corrected chi connectivity index (χ4v) is 3.16.